The molecule has 0 aliphatic heterocycles. The van der Waals surface area contributed by atoms with Crippen molar-refractivity contribution in [2.45, 2.75) is 18.7 Å². The molecule has 0 saturated heterocycles. The smallest absolute Gasteiger partial charge is 0.227 e. The summed E-state index contributed by atoms with van der Waals surface area (Å²) in [6, 6.07) is 17.0. The van der Waals surface area contributed by atoms with Crippen molar-refractivity contribution in [2.75, 3.05) is 7.05 Å². The van der Waals surface area contributed by atoms with Crippen LogP contribution in [0.3, 0.4) is 0 Å². The highest BCUT2D eigenvalue weighted by molar-refractivity contribution is 7.89. The molecule has 2 rings (SSSR count). The van der Waals surface area contributed by atoms with Crippen molar-refractivity contribution in [1.29, 1.82) is 0 Å². The highest BCUT2D eigenvalue weighted by atomic mass is 32.2. The second-order valence-corrected chi connectivity index (χ2v) is 6.81. The SMILES string of the molecule is Cc1ccc(S(=O)(=O)N(C)C#Cc2ccccc2C)cc1. The summed E-state index contributed by atoms with van der Waals surface area (Å²) in [4.78, 5) is 0.245. The van der Waals surface area contributed by atoms with Crippen molar-refractivity contribution in [3.05, 3.63) is 65.2 Å². The Morgan fingerprint density at radius 3 is 2.19 bits per heavy atom. The predicted molar refractivity (Wildman–Crippen MR) is 84.2 cm³/mol. The lowest BCUT2D eigenvalue weighted by Crippen LogP contribution is -2.22. The molecule has 2 aromatic rings. The Morgan fingerprint density at radius 1 is 0.952 bits per heavy atom. The summed E-state index contributed by atoms with van der Waals surface area (Å²) in [5.74, 6) is 2.90. The van der Waals surface area contributed by atoms with Crippen LogP contribution in [0.5, 0.6) is 0 Å². The van der Waals surface area contributed by atoms with Crippen molar-refractivity contribution in [3.63, 3.8) is 0 Å². The maximum absolute atomic E-state index is 12.4. The molecular weight excluding hydrogens is 282 g/mol. The molecule has 0 radical (unpaired) electrons. The summed E-state index contributed by atoms with van der Waals surface area (Å²) in [5, 5.41) is 0. The highest BCUT2D eigenvalue weighted by Crippen LogP contribution is 2.14. The minimum atomic E-state index is -3.58. The van der Waals surface area contributed by atoms with E-state index in [-0.39, 0.29) is 4.90 Å². The first-order valence-corrected chi connectivity index (χ1v) is 7.98. The maximum Gasteiger partial charge on any atom is 0.270 e. The molecule has 0 heterocycles. The molecule has 0 atom stereocenters. The van der Waals surface area contributed by atoms with Crippen LogP contribution in [0.25, 0.3) is 0 Å². The molecule has 0 aromatic heterocycles. The van der Waals surface area contributed by atoms with E-state index in [4.69, 9.17) is 0 Å². The first-order valence-electron chi connectivity index (χ1n) is 6.54. The van der Waals surface area contributed by atoms with Crippen molar-refractivity contribution in [1.82, 2.24) is 4.31 Å². The fourth-order valence-electron chi connectivity index (χ4n) is 1.78. The second kappa shape index (κ2) is 6.02. The lowest BCUT2D eigenvalue weighted by molar-refractivity contribution is 0.547. The lowest BCUT2D eigenvalue weighted by Gasteiger charge is -2.12. The van der Waals surface area contributed by atoms with E-state index < -0.39 is 10.0 Å². The van der Waals surface area contributed by atoms with Crippen LogP contribution < -0.4 is 0 Å². The standard InChI is InChI=1S/C17H17NO2S/c1-14-8-10-17(11-9-14)21(19,20)18(3)13-12-16-7-5-4-6-15(16)2/h4-11H,1-3H3. The summed E-state index contributed by atoms with van der Waals surface area (Å²) >= 11 is 0. The number of benzene rings is 2. The average Bonchev–Trinajstić information content (AvgIpc) is 2.46. The third kappa shape index (κ3) is 3.45. The van der Waals surface area contributed by atoms with Crippen LogP contribution in [0.4, 0.5) is 0 Å². The van der Waals surface area contributed by atoms with Gasteiger partial charge in [-0.1, -0.05) is 35.9 Å². The van der Waals surface area contributed by atoms with Gasteiger partial charge in [-0.25, -0.2) is 12.7 Å². The molecule has 0 amide bonds. The topological polar surface area (TPSA) is 37.4 Å². The number of rotatable bonds is 2. The third-order valence-corrected chi connectivity index (χ3v) is 4.85. The van der Waals surface area contributed by atoms with Gasteiger partial charge in [-0.05, 0) is 43.5 Å². The summed E-state index contributed by atoms with van der Waals surface area (Å²) in [7, 11) is -2.12. The molecule has 2 aromatic carbocycles. The van der Waals surface area contributed by atoms with Gasteiger partial charge in [-0.15, -0.1) is 0 Å². The van der Waals surface area contributed by atoms with E-state index >= 15 is 0 Å². The molecule has 0 saturated carbocycles. The molecule has 0 N–H and O–H groups in total. The second-order valence-electron chi connectivity index (χ2n) is 4.84. The minimum Gasteiger partial charge on any atom is -0.227 e. The average molecular weight is 299 g/mol. The van der Waals surface area contributed by atoms with Crippen LogP contribution in [-0.2, 0) is 10.0 Å². The van der Waals surface area contributed by atoms with Gasteiger partial charge in [0.15, 0.2) is 0 Å². The minimum absolute atomic E-state index is 0.245. The normalized spacial score (nSPS) is 10.6. The Hall–Kier alpha value is -2.25. The van der Waals surface area contributed by atoms with Gasteiger partial charge >= 0.3 is 0 Å². The quantitative estimate of drug-likeness (QED) is 0.631. The molecule has 0 aliphatic carbocycles. The van der Waals surface area contributed by atoms with E-state index in [0.29, 0.717) is 0 Å². The fraction of sp³-hybridized carbons (Fsp3) is 0.176. The number of hydrogen-bond donors (Lipinski definition) is 0. The van der Waals surface area contributed by atoms with Crippen molar-refractivity contribution >= 4 is 10.0 Å². The van der Waals surface area contributed by atoms with Crippen LogP contribution in [0.1, 0.15) is 16.7 Å². The van der Waals surface area contributed by atoms with E-state index in [1.807, 2.05) is 38.1 Å². The van der Waals surface area contributed by atoms with Crippen molar-refractivity contribution in [3.8, 4) is 12.0 Å². The van der Waals surface area contributed by atoms with E-state index in [2.05, 4.69) is 12.0 Å². The van der Waals surface area contributed by atoms with Gasteiger partial charge in [0.2, 0.25) is 0 Å². The molecule has 3 nitrogen and oxygen atoms in total. The molecule has 108 valence electrons. The molecule has 0 fully saturated rings. The predicted octanol–water partition coefficient (Wildman–Crippen LogP) is 2.93. The number of hydrogen-bond acceptors (Lipinski definition) is 2. The molecule has 4 heteroatoms. The third-order valence-electron chi connectivity index (χ3n) is 3.17. The Morgan fingerprint density at radius 2 is 1.57 bits per heavy atom. The van der Waals surface area contributed by atoms with E-state index in [1.54, 1.807) is 24.3 Å². The van der Waals surface area contributed by atoms with Crippen LogP contribution >= 0.6 is 0 Å². The fourth-order valence-corrected chi connectivity index (χ4v) is 2.74. The summed E-state index contributed by atoms with van der Waals surface area (Å²) < 4.78 is 25.8. The van der Waals surface area contributed by atoms with E-state index in [9.17, 15) is 8.42 Å². The highest BCUT2D eigenvalue weighted by Gasteiger charge is 2.17. The van der Waals surface area contributed by atoms with Gasteiger partial charge in [0.1, 0.15) is 0 Å². The largest absolute Gasteiger partial charge is 0.270 e. The first kappa shape index (κ1) is 15.1. The van der Waals surface area contributed by atoms with Gasteiger partial charge in [0.25, 0.3) is 10.0 Å². The van der Waals surface area contributed by atoms with Crippen molar-refractivity contribution in [2.24, 2.45) is 0 Å². The number of aryl methyl sites for hydroxylation is 2. The Bertz CT molecular complexity index is 797. The Balaban J connectivity index is 2.30. The van der Waals surface area contributed by atoms with Crippen LogP contribution in [0.15, 0.2) is 53.4 Å². The zero-order chi connectivity index (χ0) is 15.5. The molecule has 0 aliphatic rings. The zero-order valence-electron chi connectivity index (χ0n) is 12.3. The van der Waals surface area contributed by atoms with Crippen LogP contribution in [0.2, 0.25) is 0 Å². The molecular formula is C17H17NO2S. The molecule has 0 unspecified atom stereocenters. The van der Waals surface area contributed by atoms with Gasteiger partial charge in [0.05, 0.1) is 4.90 Å². The van der Waals surface area contributed by atoms with E-state index in [0.717, 1.165) is 21.0 Å². The Labute approximate surface area is 126 Å². The maximum atomic E-state index is 12.4. The van der Waals surface area contributed by atoms with Crippen LogP contribution in [-0.4, -0.2) is 19.8 Å². The van der Waals surface area contributed by atoms with Gasteiger partial charge in [-0.3, -0.25) is 0 Å². The molecule has 0 bridgehead atoms. The molecule has 0 spiro atoms. The Kier molecular flexibility index (Phi) is 4.35. The zero-order valence-corrected chi connectivity index (χ0v) is 13.1. The monoisotopic (exact) mass is 299 g/mol. The van der Waals surface area contributed by atoms with Crippen LogP contribution in [0, 0.1) is 25.8 Å². The summed E-state index contributed by atoms with van der Waals surface area (Å²) in [6.45, 7) is 3.86. The lowest BCUT2D eigenvalue weighted by atomic mass is 10.1. The summed E-state index contributed by atoms with van der Waals surface area (Å²) in [6.07, 6.45) is 0. The van der Waals surface area contributed by atoms with Gasteiger partial charge in [-0.2, -0.15) is 0 Å². The first-order chi connectivity index (χ1) is 9.91. The number of nitrogens with zero attached hydrogens (tertiary/aromatic N) is 1. The van der Waals surface area contributed by atoms with Gasteiger partial charge < -0.3 is 0 Å². The number of sulfonamides is 1. The molecule has 21 heavy (non-hydrogen) atoms. The summed E-state index contributed by atoms with van der Waals surface area (Å²) in [5.41, 5.74) is 2.86. The van der Waals surface area contributed by atoms with Crippen molar-refractivity contribution < 1.29 is 8.42 Å². The van der Waals surface area contributed by atoms with E-state index in [1.165, 1.54) is 7.05 Å². The van der Waals surface area contributed by atoms with Gasteiger partial charge in [0, 0.05) is 18.7 Å².